The molecule has 1 saturated carbocycles. The molecule has 0 radical (unpaired) electrons. The number of phosphoric acid groups is 1. The Bertz CT molecular complexity index is 2620. The molecule has 3 amide bonds. The average Bonchev–Trinajstić information content (AvgIpc) is 3.60. The van der Waals surface area contributed by atoms with Gasteiger partial charge in [0.15, 0.2) is 5.82 Å². The van der Waals surface area contributed by atoms with E-state index in [-0.39, 0.29) is 54.4 Å². The Morgan fingerprint density at radius 3 is 2.41 bits per heavy atom. The van der Waals surface area contributed by atoms with Gasteiger partial charge in [-0.1, -0.05) is 30.7 Å². The zero-order valence-corrected chi connectivity index (χ0v) is 42.3. The van der Waals surface area contributed by atoms with Gasteiger partial charge in [0, 0.05) is 86.6 Å². The van der Waals surface area contributed by atoms with E-state index in [2.05, 4.69) is 58.1 Å². The van der Waals surface area contributed by atoms with Crippen molar-refractivity contribution >= 4 is 54.6 Å². The summed E-state index contributed by atoms with van der Waals surface area (Å²) in [6, 6.07) is 18.3. The number of ether oxygens (including phenoxy) is 2. The predicted octanol–water partition coefficient (Wildman–Crippen LogP) is 4.70. The molecule has 8 rings (SSSR count). The minimum absolute atomic E-state index is 0.0687. The summed E-state index contributed by atoms with van der Waals surface area (Å²) in [5, 5.41) is 30.4. The lowest BCUT2D eigenvalue weighted by atomic mass is 9.68. The van der Waals surface area contributed by atoms with Gasteiger partial charge in [0.2, 0.25) is 17.7 Å². The zero-order chi connectivity index (χ0) is 51.7. The molecule has 7 N–H and O–H groups in total. The molecule has 1 aliphatic carbocycles. The van der Waals surface area contributed by atoms with Gasteiger partial charge in [-0.2, -0.15) is 0 Å². The van der Waals surface area contributed by atoms with Crippen molar-refractivity contribution in [3.05, 3.63) is 78.5 Å². The molecule has 5 heterocycles. The number of carboxylic acid groups (broad SMARTS) is 1. The second kappa shape index (κ2) is 23.6. The summed E-state index contributed by atoms with van der Waals surface area (Å²) in [4.78, 5) is 85.2. The minimum atomic E-state index is -4.94. The monoisotopic (exact) mass is 1030 g/mol. The third-order valence-electron chi connectivity index (χ3n) is 14.1. The van der Waals surface area contributed by atoms with Crippen LogP contribution in [0.5, 0.6) is 11.6 Å². The van der Waals surface area contributed by atoms with Crippen LogP contribution in [-0.4, -0.2) is 154 Å². The van der Waals surface area contributed by atoms with E-state index < -0.39 is 43.2 Å². The van der Waals surface area contributed by atoms with Crippen molar-refractivity contribution in [2.45, 2.75) is 89.1 Å². The lowest BCUT2D eigenvalue weighted by molar-refractivity contribution is -0.162. The van der Waals surface area contributed by atoms with Gasteiger partial charge in [0.05, 0.1) is 11.4 Å². The fourth-order valence-electron chi connectivity index (χ4n) is 9.98. The number of benzene rings is 2. The van der Waals surface area contributed by atoms with E-state index in [9.17, 15) is 38.6 Å². The lowest BCUT2D eigenvalue weighted by Gasteiger charge is -2.43. The van der Waals surface area contributed by atoms with Crippen LogP contribution in [0.3, 0.4) is 0 Å². The van der Waals surface area contributed by atoms with Crippen molar-refractivity contribution in [3.8, 4) is 22.9 Å². The van der Waals surface area contributed by atoms with Crippen LogP contribution in [0, 0.1) is 5.41 Å². The SMILES string of the molecule is C[C@@H]1CNCCN1CCOc1cc(N2C3CCC2CN(c2cc(-c4ccccc4OP(=O)(O)O)nnc2NC(=O)OCc2ccc(NC(=O)[C@H](CCCCN(C)C)NC(=O)C4(C(=O)O)CCC4)cc2)C3)ccn1. The number of carbonyl (C=O) groups is 4. The molecule has 0 spiro atoms. The molecule has 2 aromatic heterocycles. The van der Waals surface area contributed by atoms with E-state index >= 15 is 0 Å². The Kier molecular flexibility index (Phi) is 17.1. The Hall–Kier alpha value is -6.42. The van der Waals surface area contributed by atoms with Crippen LogP contribution < -0.4 is 40.3 Å². The van der Waals surface area contributed by atoms with Gasteiger partial charge < -0.3 is 49.8 Å². The number of aliphatic carboxylic acids is 1. The summed E-state index contributed by atoms with van der Waals surface area (Å²) < 4.78 is 28.8. The van der Waals surface area contributed by atoms with Crippen molar-refractivity contribution in [3.63, 3.8) is 0 Å². The molecule has 4 atom stereocenters. The number of piperazine rings is 2. The number of phosphoric ester groups is 1. The van der Waals surface area contributed by atoms with Gasteiger partial charge in [-0.25, -0.2) is 14.3 Å². The van der Waals surface area contributed by atoms with E-state index in [4.69, 9.17) is 14.0 Å². The molecular formula is C50H66N11O11P. The Labute approximate surface area is 424 Å². The van der Waals surface area contributed by atoms with Crippen molar-refractivity contribution in [2.24, 2.45) is 5.41 Å². The average molecular weight is 1030 g/mol. The molecule has 4 aliphatic rings. The normalized spacial score (nSPS) is 19.9. The van der Waals surface area contributed by atoms with E-state index in [0.717, 1.165) is 57.7 Å². The highest BCUT2D eigenvalue weighted by Crippen LogP contribution is 2.44. The number of pyridine rings is 1. The molecule has 22 nitrogen and oxygen atoms in total. The van der Waals surface area contributed by atoms with Crippen LogP contribution >= 0.6 is 7.82 Å². The van der Waals surface area contributed by atoms with Crippen LogP contribution in [-0.2, 0) is 30.3 Å². The highest BCUT2D eigenvalue weighted by atomic mass is 31.2. The smallest absolute Gasteiger partial charge is 0.480 e. The maximum Gasteiger partial charge on any atom is 0.524 e. The first-order valence-corrected chi connectivity index (χ1v) is 26.4. The Morgan fingerprint density at radius 1 is 0.973 bits per heavy atom. The third-order valence-corrected chi connectivity index (χ3v) is 14.5. The quantitative estimate of drug-likeness (QED) is 0.0319. The van der Waals surface area contributed by atoms with Gasteiger partial charge in [-0.05, 0) is 114 Å². The largest absolute Gasteiger partial charge is 0.524 e. The molecule has 23 heteroatoms. The van der Waals surface area contributed by atoms with E-state index in [1.54, 1.807) is 54.7 Å². The molecule has 2 bridgehead atoms. The number of carbonyl (C=O) groups excluding carboxylic acids is 3. The Morgan fingerprint density at radius 2 is 1.73 bits per heavy atom. The zero-order valence-electron chi connectivity index (χ0n) is 41.4. The number of rotatable bonds is 22. The molecule has 4 aromatic rings. The van der Waals surface area contributed by atoms with Gasteiger partial charge in [0.25, 0.3) is 0 Å². The first-order valence-electron chi connectivity index (χ1n) is 24.9. The number of carboxylic acids is 1. The summed E-state index contributed by atoms with van der Waals surface area (Å²) in [6.07, 6.45) is 5.57. The number of nitrogens with zero attached hydrogens (tertiary/aromatic N) is 7. The van der Waals surface area contributed by atoms with Gasteiger partial charge in [-0.3, -0.25) is 34.4 Å². The molecule has 3 aliphatic heterocycles. The van der Waals surface area contributed by atoms with Crippen LogP contribution in [0.2, 0.25) is 0 Å². The first kappa shape index (κ1) is 52.9. The molecule has 2 unspecified atom stereocenters. The van der Waals surface area contributed by atoms with Crippen molar-refractivity contribution in [2.75, 3.05) is 86.9 Å². The number of aromatic nitrogens is 3. The van der Waals surface area contributed by atoms with Gasteiger partial charge in [0.1, 0.15) is 30.4 Å². The van der Waals surface area contributed by atoms with Crippen molar-refractivity contribution < 1.29 is 52.6 Å². The second-order valence-electron chi connectivity index (χ2n) is 19.5. The van der Waals surface area contributed by atoms with E-state index in [1.807, 2.05) is 31.1 Å². The summed E-state index contributed by atoms with van der Waals surface area (Å²) in [6.45, 7) is 8.13. The van der Waals surface area contributed by atoms with E-state index in [1.165, 1.54) is 6.07 Å². The maximum atomic E-state index is 13.6. The van der Waals surface area contributed by atoms with Crippen LogP contribution in [0.25, 0.3) is 11.3 Å². The van der Waals surface area contributed by atoms with Crippen molar-refractivity contribution in [1.29, 1.82) is 0 Å². The van der Waals surface area contributed by atoms with Crippen LogP contribution in [0.4, 0.5) is 27.7 Å². The summed E-state index contributed by atoms with van der Waals surface area (Å²) in [7, 11) is -1.04. The molecule has 2 aromatic carbocycles. The van der Waals surface area contributed by atoms with Crippen LogP contribution in [0.15, 0.2) is 72.9 Å². The number of nitrogens with one attached hydrogen (secondary N) is 4. The number of hydrogen-bond donors (Lipinski definition) is 7. The van der Waals surface area contributed by atoms with Gasteiger partial charge in [-0.15, -0.1) is 10.2 Å². The third kappa shape index (κ3) is 13.4. The summed E-state index contributed by atoms with van der Waals surface area (Å²) in [5.74, 6) is -1.74. The van der Waals surface area contributed by atoms with E-state index in [0.29, 0.717) is 67.8 Å². The molecule has 73 heavy (non-hydrogen) atoms. The number of para-hydroxylation sites is 1. The fraction of sp³-hybridized carbons (Fsp3) is 0.500. The highest BCUT2D eigenvalue weighted by Gasteiger charge is 2.52. The molecular weight excluding hydrogens is 962 g/mol. The lowest BCUT2D eigenvalue weighted by Crippen LogP contribution is -2.55. The number of amides is 3. The minimum Gasteiger partial charge on any atom is -0.480 e. The number of unbranched alkanes of at least 4 members (excludes halogenated alkanes) is 1. The van der Waals surface area contributed by atoms with Gasteiger partial charge >= 0.3 is 19.9 Å². The number of hydrogen-bond acceptors (Lipinski definition) is 16. The van der Waals surface area contributed by atoms with Crippen molar-refractivity contribution in [1.82, 2.24) is 35.6 Å². The number of anilines is 4. The fourth-order valence-corrected chi connectivity index (χ4v) is 10.4. The topological polar surface area (TPSA) is 273 Å². The first-order chi connectivity index (χ1) is 35.0. The highest BCUT2D eigenvalue weighted by molar-refractivity contribution is 7.46. The molecule has 392 valence electrons. The number of fused-ring (bicyclic) bond motifs is 2. The maximum absolute atomic E-state index is 13.6. The summed E-state index contributed by atoms with van der Waals surface area (Å²) >= 11 is 0. The summed E-state index contributed by atoms with van der Waals surface area (Å²) in [5.41, 5.74) is 1.57. The Balaban J connectivity index is 0.934. The second-order valence-corrected chi connectivity index (χ2v) is 20.6. The molecule has 4 fully saturated rings. The molecule has 3 saturated heterocycles. The predicted molar refractivity (Wildman–Crippen MR) is 272 cm³/mol. The van der Waals surface area contributed by atoms with Crippen LogP contribution in [0.1, 0.15) is 63.9 Å². The standard InChI is InChI=1S/C50H66N11O11P/c1-33-29-51-22-24-59(33)25-26-70-44-27-36(18-21-52-44)61-37-16-17-38(61)31-60(30-37)42-28-41(39-9-4-5-11-43(39)72-73(67,68)69)56-57-45(42)55-49(66)71-32-34-12-14-35(15-13-34)53-46(62)40(10-6-7-23-58(2)3)54-47(63)50(48(64)65)19-8-20-50/h4-5,9,11-15,18,21,27-28,33,37-38,40,51H,6-8,10,16-17,19-20,22-26,29-32H2,1-3H3,(H,53,62)(H,54,63)(H,64,65)(H,55,57,66)(H2,67,68,69)/t33-,37?,38?,40+/m1/s1.